The molecule has 114 valence electrons. The summed E-state index contributed by atoms with van der Waals surface area (Å²) in [5.74, 6) is 2.31. The molecule has 1 atom stereocenters. The summed E-state index contributed by atoms with van der Waals surface area (Å²) in [5.41, 5.74) is 2.63. The summed E-state index contributed by atoms with van der Waals surface area (Å²) >= 11 is 5.44. The van der Waals surface area contributed by atoms with E-state index in [0.717, 1.165) is 27.8 Å². The first kappa shape index (κ1) is 15.5. The second-order valence-electron chi connectivity index (χ2n) is 6.50. The largest absolute Gasteiger partial charge is 0.387 e. The Morgan fingerprint density at radius 3 is 2.86 bits per heavy atom. The van der Waals surface area contributed by atoms with Gasteiger partial charge >= 0.3 is 0 Å². The number of fused-ring (bicyclic) bond motifs is 1. The molecule has 1 unspecified atom stereocenters. The minimum Gasteiger partial charge on any atom is -0.387 e. The maximum absolute atomic E-state index is 10.5. The number of thioether (sulfide) groups is 1. The van der Waals surface area contributed by atoms with Gasteiger partial charge in [-0.2, -0.15) is 11.8 Å². The molecule has 0 amide bonds. The van der Waals surface area contributed by atoms with Crippen molar-refractivity contribution in [3.8, 4) is 0 Å². The summed E-state index contributed by atoms with van der Waals surface area (Å²) in [4.78, 5) is 7.26. The van der Waals surface area contributed by atoms with Crippen molar-refractivity contribution in [1.29, 1.82) is 0 Å². The van der Waals surface area contributed by atoms with Crippen LogP contribution in [0.15, 0.2) is 11.4 Å². The molecular weight excluding hydrogens is 318 g/mol. The number of aryl methyl sites for hydroxylation is 1. The molecule has 0 saturated carbocycles. The Bertz CT molecular complexity index is 600. The predicted molar refractivity (Wildman–Crippen MR) is 93.7 cm³/mol. The Kier molecular flexibility index (Phi) is 4.46. The molecule has 2 aromatic rings. The van der Waals surface area contributed by atoms with Gasteiger partial charge in [0.1, 0.15) is 0 Å². The lowest BCUT2D eigenvalue weighted by molar-refractivity contribution is 0.182. The van der Waals surface area contributed by atoms with Gasteiger partial charge in [-0.3, -0.25) is 0 Å². The molecule has 0 saturated heterocycles. The molecule has 0 bridgehead atoms. The van der Waals surface area contributed by atoms with Crippen molar-refractivity contribution >= 4 is 34.4 Å². The van der Waals surface area contributed by atoms with Crippen LogP contribution in [-0.4, -0.2) is 15.8 Å². The van der Waals surface area contributed by atoms with Gasteiger partial charge in [0.05, 0.1) is 16.8 Å². The van der Waals surface area contributed by atoms with Gasteiger partial charge < -0.3 is 5.11 Å². The normalized spacial score (nSPS) is 16.8. The van der Waals surface area contributed by atoms with E-state index in [2.05, 4.69) is 37.2 Å². The molecule has 0 spiro atoms. The summed E-state index contributed by atoms with van der Waals surface area (Å²) in [6.45, 7) is 6.52. The van der Waals surface area contributed by atoms with Gasteiger partial charge in [0.25, 0.3) is 0 Å². The van der Waals surface area contributed by atoms with E-state index in [4.69, 9.17) is 0 Å². The van der Waals surface area contributed by atoms with Gasteiger partial charge in [0, 0.05) is 32.7 Å². The van der Waals surface area contributed by atoms with Crippen LogP contribution in [0.2, 0.25) is 0 Å². The number of aliphatic hydroxyl groups is 1. The van der Waals surface area contributed by atoms with Gasteiger partial charge in [0.15, 0.2) is 0 Å². The lowest BCUT2D eigenvalue weighted by Crippen LogP contribution is -2.11. The first-order valence-corrected chi connectivity index (χ1v) is 10.1. The van der Waals surface area contributed by atoms with Crippen LogP contribution in [0.3, 0.4) is 0 Å². The van der Waals surface area contributed by atoms with E-state index in [1.165, 1.54) is 16.2 Å². The highest BCUT2D eigenvalue weighted by molar-refractivity contribution is 7.98. The molecule has 0 radical (unpaired) electrons. The number of nitrogens with zero attached hydrogens (tertiary/aromatic N) is 1. The zero-order chi connectivity index (χ0) is 15.0. The van der Waals surface area contributed by atoms with E-state index in [9.17, 15) is 5.11 Å². The molecule has 3 heterocycles. The van der Waals surface area contributed by atoms with Crippen LogP contribution in [0.1, 0.15) is 52.9 Å². The van der Waals surface area contributed by atoms with Gasteiger partial charge in [-0.1, -0.05) is 20.8 Å². The maximum atomic E-state index is 10.5. The van der Waals surface area contributed by atoms with E-state index in [-0.39, 0.29) is 5.41 Å². The van der Waals surface area contributed by atoms with Crippen LogP contribution < -0.4 is 0 Å². The van der Waals surface area contributed by atoms with Gasteiger partial charge in [-0.05, 0) is 23.8 Å². The quantitative estimate of drug-likeness (QED) is 0.889. The van der Waals surface area contributed by atoms with Crippen LogP contribution >= 0.6 is 34.4 Å². The fourth-order valence-electron chi connectivity index (χ4n) is 2.35. The Hall–Kier alpha value is -0.360. The smallest absolute Gasteiger partial charge is 0.0958 e. The number of hydrogen-bond acceptors (Lipinski definition) is 5. The number of aliphatic hydroxyl groups excluding tert-OH is 1. The van der Waals surface area contributed by atoms with Crippen LogP contribution in [0.5, 0.6) is 0 Å². The number of rotatable bonds is 3. The van der Waals surface area contributed by atoms with Crippen LogP contribution in [-0.2, 0) is 24.0 Å². The fourth-order valence-corrected chi connectivity index (χ4v) is 5.77. The molecule has 3 rings (SSSR count). The topological polar surface area (TPSA) is 33.1 Å². The fraction of sp³-hybridized carbons (Fsp3) is 0.562. The van der Waals surface area contributed by atoms with Crippen LogP contribution in [0.4, 0.5) is 0 Å². The minimum atomic E-state index is -0.412. The van der Waals surface area contributed by atoms with Crippen LogP contribution in [0, 0.1) is 0 Å². The zero-order valence-corrected chi connectivity index (χ0v) is 15.1. The number of aromatic nitrogens is 1. The van der Waals surface area contributed by atoms with Crippen molar-refractivity contribution in [3.63, 3.8) is 0 Å². The Balaban J connectivity index is 1.72. The highest BCUT2D eigenvalue weighted by atomic mass is 32.2. The third-order valence-corrected chi connectivity index (χ3v) is 6.88. The molecule has 2 aromatic heterocycles. The minimum absolute atomic E-state index is 0.0823. The van der Waals surface area contributed by atoms with E-state index in [1.807, 2.05) is 11.8 Å². The van der Waals surface area contributed by atoms with E-state index in [0.29, 0.717) is 6.42 Å². The average Bonchev–Trinajstić information content (AvgIpc) is 3.03. The molecule has 5 heteroatoms. The lowest BCUT2D eigenvalue weighted by atomic mass is 9.93. The molecule has 1 N–H and O–H groups in total. The van der Waals surface area contributed by atoms with Crippen molar-refractivity contribution in [2.24, 2.45) is 0 Å². The second-order valence-corrected chi connectivity index (χ2v) is 9.71. The molecule has 21 heavy (non-hydrogen) atoms. The molecular formula is C16H21NOS3. The molecule has 1 aliphatic heterocycles. The third kappa shape index (κ3) is 3.52. The Morgan fingerprint density at radius 1 is 1.38 bits per heavy atom. The standard InChI is InChI=1S/C16H21NOS3/c1-16(2,3)14-9-20-15(17-14)7-11(18)13-6-10-8-19-5-4-12(10)21-13/h6,9,11,18H,4-5,7-8H2,1-3H3. The summed E-state index contributed by atoms with van der Waals surface area (Å²) in [7, 11) is 0. The van der Waals surface area contributed by atoms with Crippen molar-refractivity contribution in [3.05, 3.63) is 37.5 Å². The molecule has 2 nitrogen and oxygen atoms in total. The lowest BCUT2D eigenvalue weighted by Gasteiger charge is -2.14. The highest BCUT2D eigenvalue weighted by Gasteiger charge is 2.21. The molecule has 1 aliphatic rings. The van der Waals surface area contributed by atoms with Gasteiger partial charge in [-0.15, -0.1) is 22.7 Å². The number of thiophene rings is 1. The monoisotopic (exact) mass is 339 g/mol. The molecule has 0 aromatic carbocycles. The SMILES string of the molecule is CC(C)(C)c1csc(CC(O)c2cc3c(s2)CCSC3)n1. The highest BCUT2D eigenvalue weighted by Crippen LogP contribution is 2.36. The average molecular weight is 340 g/mol. The summed E-state index contributed by atoms with van der Waals surface area (Å²) in [6, 6.07) is 2.20. The Morgan fingerprint density at radius 2 is 2.19 bits per heavy atom. The second kappa shape index (κ2) is 6.03. The summed E-state index contributed by atoms with van der Waals surface area (Å²) in [6.07, 6.45) is 1.38. The predicted octanol–water partition coefficient (Wildman–Crippen LogP) is 4.57. The van der Waals surface area contributed by atoms with E-state index < -0.39 is 6.10 Å². The molecule has 0 fully saturated rings. The van der Waals surface area contributed by atoms with E-state index in [1.54, 1.807) is 22.7 Å². The number of hydrogen-bond donors (Lipinski definition) is 1. The van der Waals surface area contributed by atoms with E-state index >= 15 is 0 Å². The van der Waals surface area contributed by atoms with Crippen molar-refractivity contribution in [1.82, 2.24) is 4.98 Å². The Labute approximate surface area is 138 Å². The zero-order valence-electron chi connectivity index (χ0n) is 12.7. The summed E-state index contributed by atoms with van der Waals surface area (Å²) in [5, 5.41) is 13.7. The van der Waals surface area contributed by atoms with Crippen molar-refractivity contribution in [2.75, 3.05) is 5.75 Å². The van der Waals surface area contributed by atoms with Crippen LogP contribution in [0.25, 0.3) is 0 Å². The first-order chi connectivity index (χ1) is 9.93. The van der Waals surface area contributed by atoms with Gasteiger partial charge in [0.2, 0.25) is 0 Å². The van der Waals surface area contributed by atoms with Crippen molar-refractivity contribution in [2.45, 2.75) is 50.9 Å². The third-order valence-electron chi connectivity index (χ3n) is 3.66. The first-order valence-electron chi connectivity index (χ1n) is 7.25. The number of thiazole rings is 1. The maximum Gasteiger partial charge on any atom is 0.0958 e. The van der Waals surface area contributed by atoms with Crippen molar-refractivity contribution < 1.29 is 5.11 Å². The molecule has 0 aliphatic carbocycles. The summed E-state index contributed by atoms with van der Waals surface area (Å²) < 4.78 is 0. The van der Waals surface area contributed by atoms with Gasteiger partial charge in [-0.25, -0.2) is 4.98 Å².